The molecule has 2 aliphatic heterocycles. The number of aliphatic hydroxyl groups is 1. The summed E-state index contributed by atoms with van der Waals surface area (Å²) >= 11 is 0. The maximum absolute atomic E-state index is 14.0. The number of hydrogen-bond donors (Lipinski definition) is 1. The van der Waals surface area contributed by atoms with Gasteiger partial charge in [-0.25, -0.2) is 12.8 Å². The predicted octanol–water partition coefficient (Wildman–Crippen LogP) is 5.74. The quantitative estimate of drug-likeness (QED) is 0.394. The largest absolute Gasteiger partial charge is 0.417 e. The van der Waals surface area contributed by atoms with Gasteiger partial charge in [0.2, 0.25) is 10.0 Å². The molecule has 40 heavy (non-hydrogen) atoms. The van der Waals surface area contributed by atoms with E-state index in [1.165, 1.54) is 22.5 Å². The molecule has 0 aromatic heterocycles. The Kier molecular flexibility index (Phi) is 7.82. The minimum atomic E-state index is -4.80. The molecule has 1 N–H and O–H groups in total. The normalized spacial score (nSPS) is 22.7. The van der Waals surface area contributed by atoms with Gasteiger partial charge in [0.15, 0.2) is 0 Å². The van der Waals surface area contributed by atoms with Gasteiger partial charge >= 0.3 is 6.18 Å². The summed E-state index contributed by atoms with van der Waals surface area (Å²) in [5.41, 5.74) is 2.98. The second kappa shape index (κ2) is 10.9. The van der Waals surface area contributed by atoms with Crippen molar-refractivity contribution in [1.29, 1.82) is 0 Å². The highest BCUT2D eigenvalue weighted by molar-refractivity contribution is 7.89. The lowest BCUT2D eigenvalue weighted by Gasteiger charge is -2.57. The Morgan fingerprint density at radius 3 is 2.27 bits per heavy atom. The van der Waals surface area contributed by atoms with E-state index in [1.54, 1.807) is 13.0 Å². The second-order valence-electron chi connectivity index (χ2n) is 10.6. The fourth-order valence-electron chi connectivity index (χ4n) is 6.18. The fraction of sp³-hybridized carbons (Fsp3) is 0.400. The highest BCUT2D eigenvalue weighted by atomic mass is 32.2. The number of hydrogen-bond acceptors (Lipinski definition) is 4. The van der Waals surface area contributed by atoms with Crippen LogP contribution in [0.2, 0.25) is 0 Å². The molecule has 0 radical (unpaired) electrons. The molecule has 0 spiro atoms. The minimum Gasteiger partial charge on any atom is -0.395 e. The molecule has 0 amide bonds. The molecule has 2 heterocycles. The van der Waals surface area contributed by atoms with Gasteiger partial charge in [-0.05, 0) is 79.3 Å². The van der Waals surface area contributed by atoms with Gasteiger partial charge < -0.3 is 5.11 Å². The Bertz CT molecular complexity index is 1490. The second-order valence-corrected chi connectivity index (χ2v) is 12.5. The zero-order valence-electron chi connectivity index (χ0n) is 22.3. The van der Waals surface area contributed by atoms with Crippen molar-refractivity contribution in [2.45, 2.75) is 55.8 Å². The monoisotopic (exact) mass is 576 g/mol. The van der Waals surface area contributed by atoms with Crippen molar-refractivity contribution in [2.24, 2.45) is 0 Å². The molecule has 5 nitrogen and oxygen atoms in total. The number of rotatable bonds is 5. The SMILES string of the molecule is Cc1c(F)ccc(-c2ccc([C@@H]3C(CO)N4CCCCN(S(=O)(=O)c5ccccc5C(F)(F)F)C[C@@H]34)cc2)c1C. The van der Waals surface area contributed by atoms with Crippen molar-refractivity contribution < 1.29 is 31.1 Å². The lowest BCUT2D eigenvalue weighted by atomic mass is 9.74. The first kappa shape index (κ1) is 28.7. The molecular weight excluding hydrogens is 544 g/mol. The molecule has 0 aliphatic carbocycles. The van der Waals surface area contributed by atoms with Crippen LogP contribution in [0, 0.1) is 19.7 Å². The zero-order chi connectivity index (χ0) is 28.8. The molecule has 0 bridgehead atoms. The van der Waals surface area contributed by atoms with Crippen LogP contribution in [0.15, 0.2) is 65.6 Å². The van der Waals surface area contributed by atoms with Gasteiger partial charge in [-0.15, -0.1) is 0 Å². The predicted molar refractivity (Wildman–Crippen MR) is 145 cm³/mol. The van der Waals surface area contributed by atoms with Crippen LogP contribution in [0.3, 0.4) is 0 Å². The van der Waals surface area contributed by atoms with E-state index >= 15 is 0 Å². The molecule has 5 rings (SSSR count). The molecule has 1 unspecified atom stereocenters. The van der Waals surface area contributed by atoms with E-state index in [0.717, 1.165) is 34.4 Å². The number of nitrogens with zero attached hydrogens (tertiary/aromatic N) is 2. The number of alkyl halides is 3. The Balaban J connectivity index is 1.46. The summed E-state index contributed by atoms with van der Waals surface area (Å²) in [6.07, 6.45) is -3.64. The van der Waals surface area contributed by atoms with E-state index < -0.39 is 26.7 Å². The number of fused-ring (bicyclic) bond motifs is 1. The summed E-state index contributed by atoms with van der Waals surface area (Å²) in [6.45, 7) is 4.30. The molecule has 0 saturated carbocycles. The van der Waals surface area contributed by atoms with Gasteiger partial charge in [0.25, 0.3) is 0 Å². The molecule has 3 atom stereocenters. The Morgan fingerprint density at radius 1 is 0.925 bits per heavy atom. The van der Waals surface area contributed by atoms with Crippen LogP contribution in [0.5, 0.6) is 0 Å². The van der Waals surface area contributed by atoms with Gasteiger partial charge in [0.05, 0.1) is 17.1 Å². The average molecular weight is 577 g/mol. The molecule has 10 heteroatoms. The molecule has 3 aromatic rings. The van der Waals surface area contributed by atoms with Gasteiger partial charge in [0.1, 0.15) is 5.82 Å². The first-order valence-corrected chi connectivity index (χ1v) is 14.8. The Morgan fingerprint density at radius 2 is 1.60 bits per heavy atom. The summed E-state index contributed by atoms with van der Waals surface area (Å²) in [5, 5.41) is 10.2. The average Bonchev–Trinajstić information content (AvgIpc) is 2.91. The number of sulfonamides is 1. The summed E-state index contributed by atoms with van der Waals surface area (Å²) in [7, 11) is -4.43. The van der Waals surface area contributed by atoms with Gasteiger partial charge in [0, 0.05) is 31.1 Å². The Labute approximate surface area is 232 Å². The third kappa shape index (κ3) is 5.06. The fourth-order valence-corrected chi connectivity index (χ4v) is 7.89. The van der Waals surface area contributed by atoms with Crippen LogP contribution < -0.4 is 0 Å². The van der Waals surface area contributed by atoms with Crippen LogP contribution >= 0.6 is 0 Å². The lowest BCUT2D eigenvalue weighted by molar-refractivity contribution is -0.139. The standard InChI is InChI=1S/C30H32F4N2O3S/c1-19-20(2)25(31)14-13-23(19)21-9-11-22(12-10-21)29-26-17-35(15-5-6-16-36(26)27(29)18-37)40(38,39)28-8-4-3-7-24(28)30(32,33)34/h3-4,7-14,26-27,29,37H,5-6,15-18H2,1-2H3/t26-,27?,29-/m0/s1. The van der Waals surface area contributed by atoms with Crippen LogP contribution in [0.25, 0.3) is 11.1 Å². The van der Waals surface area contributed by atoms with Crippen molar-refractivity contribution in [1.82, 2.24) is 9.21 Å². The maximum atomic E-state index is 14.0. The van der Waals surface area contributed by atoms with Crippen molar-refractivity contribution in [3.63, 3.8) is 0 Å². The number of aliphatic hydroxyl groups excluding tert-OH is 1. The zero-order valence-corrected chi connectivity index (χ0v) is 23.1. The third-order valence-corrected chi connectivity index (χ3v) is 10.4. The molecule has 2 saturated heterocycles. The van der Waals surface area contributed by atoms with E-state index in [9.17, 15) is 31.1 Å². The van der Waals surface area contributed by atoms with E-state index in [-0.39, 0.29) is 43.5 Å². The molecule has 214 valence electrons. The topological polar surface area (TPSA) is 60.9 Å². The van der Waals surface area contributed by atoms with E-state index in [4.69, 9.17) is 0 Å². The minimum absolute atomic E-state index is 0.0215. The summed E-state index contributed by atoms with van der Waals surface area (Å²) in [5.74, 6) is -0.469. The summed E-state index contributed by atoms with van der Waals surface area (Å²) in [6, 6.07) is 14.7. The van der Waals surface area contributed by atoms with Crippen molar-refractivity contribution in [2.75, 3.05) is 26.2 Å². The Hall–Kier alpha value is -2.79. The van der Waals surface area contributed by atoms with E-state index in [1.807, 2.05) is 31.2 Å². The van der Waals surface area contributed by atoms with Crippen molar-refractivity contribution in [3.8, 4) is 11.1 Å². The first-order chi connectivity index (χ1) is 18.9. The van der Waals surface area contributed by atoms with Crippen LogP contribution in [-0.4, -0.2) is 61.1 Å². The van der Waals surface area contributed by atoms with Crippen LogP contribution in [0.4, 0.5) is 17.6 Å². The van der Waals surface area contributed by atoms with Crippen molar-refractivity contribution >= 4 is 10.0 Å². The van der Waals surface area contributed by atoms with E-state index in [0.29, 0.717) is 24.9 Å². The van der Waals surface area contributed by atoms with Crippen LogP contribution in [-0.2, 0) is 16.2 Å². The van der Waals surface area contributed by atoms with Gasteiger partial charge in [-0.1, -0.05) is 42.5 Å². The summed E-state index contributed by atoms with van der Waals surface area (Å²) in [4.78, 5) is 1.34. The van der Waals surface area contributed by atoms with Crippen LogP contribution in [0.1, 0.15) is 41.0 Å². The molecule has 3 aromatic carbocycles. The molecule has 2 aliphatic rings. The number of halogens is 4. The molecule has 2 fully saturated rings. The highest BCUT2D eigenvalue weighted by Crippen LogP contribution is 2.44. The summed E-state index contributed by atoms with van der Waals surface area (Å²) < 4.78 is 83.5. The number of benzene rings is 3. The lowest BCUT2D eigenvalue weighted by Crippen LogP contribution is -2.67. The molecular formula is C30H32F4N2O3S. The first-order valence-electron chi connectivity index (χ1n) is 13.3. The van der Waals surface area contributed by atoms with E-state index in [2.05, 4.69) is 4.90 Å². The maximum Gasteiger partial charge on any atom is 0.417 e. The smallest absolute Gasteiger partial charge is 0.395 e. The van der Waals surface area contributed by atoms with Gasteiger partial charge in [-0.3, -0.25) is 4.90 Å². The van der Waals surface area contributed by atoms with Gasteiger partial charge in [-0.2, -0.15) is 17.5 Å². The highest BCUT2D eigenvalue weighted by Gasteiger charge is 2.50. The third-order valence-electron chi connectivity index (χ3n) is 8.47. The van der Waals surface area contributed by atoms with Crippen molar-refractivity contribution in [3.05, 3.63) is 88.7 Å².